The molecule has 0 atom stereocenters. The summed E-state index contributed by atoms with van der Waals surface area (Å²) < 4.78 is 2.14. The predicted molar refractivity (Wildman–Crippen MR) is 122 cm³/mol. The number of carbonyl (C=O) groups is 1. The van der Waals surface area contributed by atoms with E-state index in [1.165, 1.54) is 0 Å². The number of para-hydroxylation sites is 1. The standard InChI is InChI=1S/C22H16N4O2S2/c27-20(23-14-9-10-16-18(11-14)25-21(28)24-16)15-6-2-1-5-13(15)12-29-22-26-17-7-3-4-8-19(17)30-22/h1-11H,12H2,(H,23,27)(H2,24,25,28). The van der Waals surface area contributed by atoms with Crippen LogP contribution in [0.3, 0.4) is 0 Å². The largest absolute Gasteiger partial charge is 0.323 e. The SMILES string of the molecule is O=C(Nc1ccc2[nH]c(=O)[nH]c2c1)c1ccccc1CSc1nc2ccccc2s1. The van der Waals surface area contributed by atoms with Gasteiger partial charge in [-0.2, -0.15) is 0 Å². The van der Waals surface area contributed by atoms with Crippen molar-refractivity contribution in [2.45, 2.75) is 10.1 Å². The fourth-order valence-electron chi connectivity index (χ4n) is 3.23. The van der Waals surface area contributed by atoms with Crippen LogP contribution in [-0.2, 0) is 5.75 Å². The Morgan fingerprint density at radius 1 is 1.00 bits per heavy atom. The summed E-state index contributed by atoms with van der Waals surface area (Å²) in [6.45, 7) is 0. The molecule has 0 aliphatic heterocycles. The Morgan fingerprint density at radius 2 is 1.80 bits per heavy atom. The van der Waals surface area contributed by atoms with Gasteiger partial charge < -0.3 is 15.3 Å². The van der Waals surface area contributed by atoms with E-state index >= 15 is 0 Å². The highest BCUT2D eigenvalue weighted by Gasteiger charge is 2.13. The van der Waals surface area contributed by atoms with Crippen molar-refractivity contribution >= 4 is 55.9 Å². The number of hydrogen-bond acceptors (Lipinski definition) is 5. The van der Waals surface area contributed by atoms with E-state index in [2.05, 4.69) is 26.3 Å². The number of anilines is 1. The Labute approximate surface area is 179 Å². The maximum absolute atomic E-state index is 12.9. The number of benzene rings is 3. The van der Waals surface area contributed by atoms with Gasteiger partial charge in [0.25, 0.3) is 5.91 Å². The zero-order chi connectivity index (χ0) is 20.5. The molecule has 3 aromatic carbocycles. The van der Waals surface area contributed by atoms with Crippen LogP contribution in [0.4, 0.5) is 5.69 Å². The maximum atomic E-state index is 12.9. The molecule has 148 valence electrons. The number of aromatic nitrogens is 3. The van der Waals surface area contributed by atoms with E-state index in [9.17, 15) is 9.59 Å². The Balaban J connectivity index is 1.35. The zero-order valence-corrected chi connectivity index (χ0v) is 17.3. The molecular weight excluding hydrogens is 416 g/mol. The lowest BCUT2D eigenvalue weighted by atomic mass is 10.1. The molecule has 0 unspecified atom stereocenters. The molecule has 0 saturated heterocycles. The van der Waals surface area contributed by atoms with Crippen LogP contribution in [0.5, 0.6) is 0 Å². The first kappa shape index (κ1) is 18.7. The first-order valence-electron chi connectivity index (χ1n) is 9.25. The number of thiazole rings is 1. The van der Waals surface area contributed by atoms with Crippen molar-refractivity contribution in [3.8, 4) is 0 Å². The molecule has 0 bridgehead atoms. The molecule has 3 N–H and O–H groups in total. The molecule has 5 rings (SSSR count). The van der Waals surface area contributed by atoms with Gasteiger partial charge in [0, 0.05) is 17.0 Å². The van der Waals surface area contributed by atoms with Gasteiger partial charge in [0.15, 0.2) is 4.34 Å². The van der Waals surface area contributed by atoms with Gasteiger partial charge in [-0.25, -0.2) is 9.78 Å². The number of amides is 1. The number of imidazole rings is 1. The molecule has 2 heterocycles. The van der Waals surface area contributed by atoms with E-state index < -0.39 is 0 Å². The molecule has 0 saturated carbocycles. The van der Waals surface area contributed by atoms with Crippen molar-refractivity contribution in [3.05, 3.63) is 88.3 Å². The fourth-order valence-corrected chi connectivity index (χ4v) is 5.30. The summed E-state index contributed by atoms with van der Waals surface area (Å²) in [5.74, 6) is 0.459. The summed E-state index contributed by atoms with van der Waals surface area (Å²) in [7, 11) is 0. The van der Waals surface area contributed by atoms with Gasteiger partial charge in [-0.1, -0.05) is 42.1 Å². The van der Waals surface area contributed by atoms with Crippen LogP contribution >= 0.6 is 23.1 Å². The summed E-state index contributed by atoms with van der Waals surface area (Å²) in [4.78, 5) is 34.4. The van der Waals surface area contributed by atoms with Crippen LogP contribution in [0.2, 0.25) is 0 Å². The number of carbonyl (C=O) groups excluding carboxylic acids is 1. The second-order valence-corrected chi connectivity index (χ2v) is 8.94. The van der Waals surface area contributed by atoms with Crippen molar-refractivity contribution in [1.29, 1.82) is 0 Å². The number of rotatable bonds is 5. The minimum absolute atomic E-state index is 0.187. The highest BCUT2D eigenvalue weighted by Crippen LogP contribution is 2.32. The molecule has 0 radical (unpaired) electrons. The van der Waals surface area contributed by atoms with Gasteiger partial charge in [-0.05, 0) is 42.0 Å². The van der Waals surface area contributed by atoms with Crippen molar-refractivity contribution < 1.29 is 4.79 Å². The van der Waals surface area contributed by atoms with Crippen LogP contribution in [0.15, 0.2) is 75.9 Å². The van der Waals surface area contributed by atoms with Crippen molar-refractivity contribution in [2.75, 3.05) is 5.32 Å². The average molecular weight is 433 g/mol. The van der Waals surface area contributed by atoms with Crippen molar-refractivity contribution in [2.24, 2.45) is 0 Å². The number of H-pyrrole nitrogens is 2. The first-order valence-corrected chi connectivity index (χ1v) is 11.1. The van der Waals surface area contributed by atoms with Crippen LogP contribution in [0.1, 0.15) is 15.9 Å². The number of hydrogen-bond donors (Lipinski definition) is 3. The highest BCUT2D eigenvalue weighted by atomic mass is 32.2. The minimum Gasteiger partial charge on any atom is -0.322 e. The van der Waals surface area contributed by atoms with Crippen LogP contribution in [-0.4, -0.2) is 20.9 Å². The average Bonchev–Trinajstić information content (AvgIpc) is 3.34. The van der Waals surface area contributed by atoms with E-state index in [1.54, 1.807) is 41.3 Å². The summed E-state index contributed by atoms with van der Waals surface area (Å²) in [5, 5.41) is 2.92. The molecular formula is C22H16N4O2S2. The Morgan fingerprint density at radius 3 is 2.70 bits per heavy atom. The van der Waals surface area contributed by atoms with Crippen molar-refractivity contribution in [1.82, 2.24) is 15.0 Å². The minimum atomic E-state index is -0.273. The molecule has 2 aromatic heterocycles. The maximum Gasteiger partial charge on any atom is 0.323 e. The number of nitrogens with one attached hydrogen (secondary N) is 3. The third-order valence-electron chi connectivity index (χ3n) is 4.66. The van der Waals surface area contributed by atoms with Crippen LogP contribution in [0.25, 0.3) is 21.3 Å². The quantitative estimate of drug-likeness (QED) is 0.341. The second kappa shape index (κ2) is 7.81. The number of fused-ring (bicyclic) bond motifs is 2. The lowest BCUT2D eigenvalue weighted by Gasteiger charge is -2.10. The highest BCUT2D eigenvalue weighted by molar-refractivity contribution is 8.00. The third kappa shape index (κ3) is 3.74. The molecule has 1 amide bonds. The molecule has 30 heavy (non-hydrogen) atoms. The summed E-state index contributed by atoms with van der Waals surface area (Å²) in [5.41, 5.74) is 4.25. The summed E-state index contributed by atoms with van der Waals surface area (Å²) >= 11 is 3.28. The molecule has 0 aliphatic carbocycles. The van der Waals surface area contributed by atoms with Gasteiger partial charge in [-0.15, -0.1) is 11.3 Å². The van der Waals surface area contributed by atoms with E-state index in [0.29, 0.717) is 28.0 Å². The predicted octanol–water partition coefficient (Wildman–Crippen LogP) is 5.01. The summed E-state index contributed by atoms with van der Waals surface area (Å²) in [6.07, 6.45) is 0. The van der Waals surface area contributed by atoms with Gasteiger partial charge in [0.1, 0.15) is 0 Å². The number of thioether (sulfide) groups is 1. The smallest absolute Gasteiger partial charge is 0.322 e. The molecule has 0 fully saturated rings. The topological polar surface area (TPSA) is 90.6 Å². The van der Waals surface area contributed by atoms with Crippen LogP contribution < -0.4 is 11.0 Å². The van der Waals surface area contributed by atoms with E-state index in [4.69, 9.17) is 0 Å². The zero-order valence-electron chi connectivity index (χ0n) is 15.6. The van der Waals surface area contributed by atoms with E-state index in [1.807, 2.05) is 42.5 Å². The fraction of sp³-hybridized carbons (Fsp3) is 0.0455. The first-order chi connectivity index (χ1) is 14.7. The number of aromatic amines is 2. The third-order valence-corrected chi connectivity index (χ3v) is 6.89. The Bertz CT molecular complexity index is 1400. The lowest BCUT2D eigenvalue weighted by molar-refractivity contribution is 0.102. The molecule has 6 nitrogen and oxygen atoms in total. The molecule has 0 spiro atoms. The van der Waals surface area contributed by atoms with Crippen molar-refractivity contribution in [3.63, 3.8) is 0 Å². The molecule has 8 heteroatoms. The normalized spacial score (nSPS) is 11.2. The van der Waals surface area contributed by atoms with Crippen LogP contribution in [0, 0.1) is 0 Å². The Hall–Kier alpha value is -3.36. The number of nitrogens with zero attached hydrogens (tertiary/aromatic N) is 1. The molecule has 5 aromatic rings. The lowest BCUT2D eigenvalue weighted by Crippen LogP contribution is -2.14. The second-order valence-electron chi connectivity index (χ2n) is 6.69. The van der Waals surface area contributed by atoms with Gasteiger partial charge in [0.05, 0.1) is 21.3 Å². The van der Waals surface area contributed by atoms with E-state index in [0.717, 1.165) is 20.1 Å². The monoisotopic (exact) mass is 432 g/mol. The van der Waals surface area contributed by atoms with Gasteiger partial charge >= 0.3 is 5.69 Å². The molecule has 0 aliphatic rings. The Kier molecular flexibility index (Phi) is 4.86. The van der Waals surface area contributed by atoms with E-state index in [-0.39, 0.29) is 11.6 Å². The summed E-state index contributed by atoms with van der Waals surface area (Å²) in [6, 6.07) is 20.9. The van der Waals surface area contributed by atoms with Gasteiger partial charge in [0.2, 0.25) is 0 Å². The van der Waals surface area contributed by atoms with Gasteiger partial charge in [-0.3, -0.25) is 4.79 Å².